The maximum absolute atomic E-state index is 14.2. The van der Waals surface area contributed by atoms with Gasteiger partial charge in [-0.1, -0.05) is 0 Å². The first kappa shape index (κ1) is 14.5. The minimum Gasteiger partial charge on any atom is -0.398 e. The number of benzene rings is 1. The third-order valence-corrected chi connectivity index (χ3v) is 3.38. The average Bonchev–Trinajstić information content (AvgIpc) is 2.44. The summed E-state index contributed by atoms with van der Waals surface area (Å²) in [7, 11) is 1.85. The zero-order chi connectivity index (χ0) is 14.5. The maximum Gasteiger partial charge on any atom is 0.150 e. The molecule has 0 aliphatic rings. The summed E-state index contributed by atoms with van der Waals surface area (Å²) in [6.45, 7) is 0.914. The molecule has 5 heteroatoms. The Labute approximate surface area is 118 Å². The summed E-state index contributed by atoms with van der Waals surface area (Å²) in [5.41, 5.74) is 7.32. The van der Waals surface area contributed by atoms with Crippen LogP contribution in [0.3, 0.4) is 0 Å². The van der Waals surface area contributed by atoms with E-state index in [9.17, 15) is 4.39 Å². The lowest BCUT2D eigenvalue weighted by atomic mass is 10.1. The molecule has 0 saturated heterocycles. The van der Waals surface area contributed by atoms with E-state index in [1.165, 1.54) is 6.07 Å². The van der Waals surface area contributed by atoms with Crippen molar-refractivity contribution >= 4 is 22.3 Å². The Bertz CT molecular complexity index is 589. The van der Waals surface area contributed by atoms with Gasteiger partial charge < -0.3 is 15.7 Å². The third-order valence-electron chi connectivity index (χ3n) is 3.38. The minimum absolute atomic E-state index is 0.199. The first-order chi connectivity index (χ1) is 9.65. The molecule has 0 spiro atoms. The van der Waals surface area contributed by atoms with E-state index in [4.69, 9.17) is 10.8 Å². The molecule has 3 N–H and O–H groups in total. The van der Waals surface area contributed by atoms with E-state index in [0.29, 0.717) is 23.4 Å². The second-order valence-corrected chi connectivity index (χ2v) is 4.90. The highest BCUT2D eigenvalue weighted by atomic mass is 19.1. The number of fused-ring (bicyclic) bond motifs is 1. The number of aromatic nitrogens is 1. The standard InChI is InChI=1S/C15H20FN3O/c1-19(8-3-2-4-9-20)15-12(16)10-13(17)11-6-5-7-18-14(11)15/h5-7,10,20H,2-4,8-9,17H2,1H3. The van der Waals surface area contributed by atoms with E-state index in [0.717, 1.165) is 24.6 Å². The number of unbranched alkanes of at least 4 members (excludes halogenated alkanes) is 2. The van der Waals surface area contributed by atoms with E-state index in [2.05, 4.69) is 4.98 Å². The van der Waals surface area contributed by atoms with Crippen molar-refractivity contribution < 1.29 is 9.50 Å². The lowest BCUT2D eigenvalue weighted by Crippen LogP contribution is -2.20. The Morgan fingerprint density at radius 3 is 2.90 bits per heavy atom. The Balaban J connectivity index is 2.28. The molecule has 0 unspecified atom stereocenters. The molecular weight excluding hydrogens is 257 g/mol. The van der Waals surface area contributed by atoms with Crippen molar-refractivity contribution in [3.8, 4) is 0 Å². The summed E-state index contributed by atoms with van der Waals surface area (Å²) in [6.07, 6.45) is 4.24. The van der Waals surface area contributed by atoms with Crippen molar-refractivity contribution in [1.29, 1.82) is 0 Å². The van der Waals surface area contributed by atoms with Gasteiger partial charge in [0.1, 0.15) is 0 Å². The number of nitrogens with two attached hydrogens (primary N) is 1. The molecule has 2 aromatic rings. The largest absolute Gasteiger partial charge is 0.398 e. The third kappa shape index (κ3) is 2.99. The number of pyridine rings is 1. The van der Waals surface area contributed by atoms with Crippen molar-refractivity contribution in [1.82, 2.24) is 4.98 Å². The number of halogens is 1. The Hall–Kier alpha value is -1.88. The van der Waals surface area contributed by atoms with Crippen LogP contribution in [0.1, 0.15) is 19.3 Å². The van der Waals surface area contributed by atoms with Crippen molar-refractivity contribution in [2.45, 2.75) is 19.3 Å². The Kier molecular flexibility index (Phi) is 4.74. The van der Waals surface area contributed by atoms with Crippen LogP contribution in [0.15, 0.2) is 24.4 Å². The Morgan fingerprint density at radius 1 is 1.35 bits per heavy atom. The van der Waals surface area contributed by atoms with Gasteiger partial charge in [0, 0.05) is 37.5 Å². The molecule has 0 atom stereocenters. The molecular formula is C15H20FN3O. The highest BCUT2D eigenvalue weighted by Crippen LogP contribution is 2.31. The van der Waals surface area contributed by atoms with Crippen molar-refractivity contribution in [3.63, 3.8) is 0 Å². The first-order valence-electron chi connectivity index (χ1n) is 6.80. The SMILES string of the molecule is CN(CCCCCO)c1c(F)cc(N)c2cccnc12. The molecule has 0 amide bonds. The number of nitrogens with zero attached hydrogens (tertiary/aromatic N) is 2. The van der Waals surface area contributed by atoms with E-state index >= 15 is 0 Å². The van der Waals surface area contributed by atoms with Gasteiger partial charge in [0.15, 0.2) is 5.82 Å². The highest BCUT2D eigenvalue weighted by molar-refractivity contribution is 5.98. The number of nitrogen functional groups attached to an aromatic ring is 1. The number of hydrogen-bond donors (Lipinski definition) is 2. The quantitative estimate of drug-likeness (QED) is 0.629. The fourth-order valence-corrected chi connectivity index (χ4v) is 2.34. The van der Waals surface area contributed by atoms with Gasteiger partial charge in [-0.2, -0.15) is 0 Å². The monoisotopic (exact) mass is 277 g/mol. The maximum atomic E-state index is 14.2. The van der Waals surface area contributed by atoms with E-state index in [-0.39, 0.29) is 12.4 Å². The molecule has 0 aliphatic heterocycles. The molecule has 20 heavy (non-hydrogen) atoms. The van der Waals surface area contributed by atoms with Gasteiger partial charge in [-0.15, -0.1) is 0 Å². The number of anilines is 2. The minimum atomic E-state index is -0.349. The molecule has 1 heterocycles. The molecule has 0 fully saturated rings. The second-order valence-electron chi connectivity index (χ2n) is 4.90. The van der Waals surface area contributed by atoms with Crippen molar-refractivity contribution in [3.05, 3.63) is 30.2 Å². The predicted octanol–water partition coefficient (Wildman–Crippen LogP) is 2.55. The fraction of sp³-hybridized carbons (Fsp3) is 0.400. The van der Waals surface area contributed by atoms with Crippen LogP contribution in [0.2, 0.25) is 0 Å². The van der Waals surface area contributed by atoms with Gasteiger partial charge in [-0.25, -0.2) is 4.39 Å². The molecule has 0 aliphatic carbocycles. The lowest BCUT2D eigenvalue weighted by molar-refractivity contribution is 0.283. The molecule has 108 valence electrons. The normalized spacial score (nSPS) is 10.9. The summed E-state index contributed by atoms with van der Waals surface area (Å²) >= 11 is 0. The molecule has 1 aromatic heterocycles. The van der Waals surface area contributed by atoms with Gasteiger partial charge in [0.05, 0.1) is 11.2 Å². The summed E-state index contributed by atoms with van der Waals surface area (Å²) in [5, 5.41) is 9.54. The van der Waals surface area contributed by atoms with Crippen molar-refractivity contribution in [2.24, 2.45) is 0 Å². The van der Waals surface area contributed by atoms with Crippen LogP contribution in [0.25, 0.3) is 10.9 Å². The molecule has 0 radical (unpaired) electrons. The number of hydrogen-bond acceptors (Lipinski definition) is 4. The lowest BCUT2D eigenvalue weighted by Gasteiger charge is -2.21. The van der Waals surface area contributed by atoms with Crippen LogP contribution in [-0.4, -0.2) is 30.3 Å². The van der Waals surface area contributed by atoms with Crippen LogP contribution >= 0.6 is 0 Å². The van der Waals surface area contributed by atoms with E-state index in [1.807, 2.05) is 18.0 Å². The zero-order valence-electron chi connectivity index (χ0n) is 11.6. The summed E-state index contributed by atoms with van der Waals surface area (Å²) in [4.78, 5) is 6.13. The van der Waals surface area contributed by atoms with Gasteiger partial charge >= 0.3 is 0 Å². The molecule has 2 rings (SSSR count). The van der Waals surface area contributed by atoms with Crippen LogP contribution in [0, 0.1) is 5.82 Å². The van der Waals surface area contributed by atoms with E-state index < -0.39 is 0 Å². The summed E-state index contributed by atoms with van der Waals surface area (Å²) in [5.74, 6) is -0.349. The van der Waals surface area contributed by atoms with E-state index in [1.54, 1.807) is 12.3 Å². The van der Waals surface area contributed by atoms with Crippen LogP contribution < -0.4 is 10.6 Å². The average molecular weight is 277 g/mol. The zero-order valence-corrected chi connectivity index (χ0v) is 11.6. The van der Waals surface area contributed by atoms with Crippen molar-refractivity contribution in [2.75, 3.05) is 30.8 Å². The summed E-state index contributed by atoms with van der Waals surface area (Å²) < 4.78 is 14.2. The van der Waals surface area contributed by atoms with Gasteiger partial charge in [-0.3, -0.25) is 4.98 Å². The molecule has 0 saturated carbocycles. The van der Waals surface area contributed by atoms with Crippen LogP contribution in [0.5, 0.6) is 0 Å². The fourth-order valence-electron chi connectivity index (χ4n) is 2.34. The predicted molar refractivity (Wildman–Crippen MR) is 80.3 cm³/mol. The number of rotatable bonds is 6. The highest BCUT2D eigenvalue weighted by Gasteiger charge is 2.15. The first-order valence-corrected chi connectivity index (χ1v) is 6.80. The number of aliphatic hydroxyl groups is 1. The van der Waals surface area contributed by atoms with Gasteiger partial charge in [-0.05, 0) is 37.5 Å². The topological polar surface area (TPSA) is 62.4 Å². The molecule has 0 bridgehead atoms. The molecule has 4 nitrogen and oxygen atoms in total. The van der Waals surface area contributed by atoms with Crippen LogP contribution in [0.4, 0.5) is 15.8 Å². The van der Waals surface area contributed by atoms with Gasteiger partial charge in [0.25, 0.3) is 0 Å². The van der Waals surface area contributed by atoms with Gasteiger partial charge in [0.2, 0.25) is 0 Å². The number of aliphatic hydroxyl groups excluding tert-OH is 1. The smallest absolute Gasteiger partial charge is 0.150 e. The Morgan fingerprint density at radius 2 is 2.15 bits per heavy atom. The molecule has 1 aromatic carbocycles. The second kappa shape index (κ2) is 6.52. The summed E-state index contributed by atoms with van der Waals surface area (Å²) in [6, 6.07) is 4.99. The van der Waals surface area contributed by atoms with Crippen LogP contribution in [-0.2, 0) is 0 Å².